The number of urea groups is 1. The van der Waals surface area contributed by atoms with Crippen LogP contribution in [-0.4, -0.2) is 42.1 Å². The van der Waals surface area contributed by atoms with Gasteiger partial charge >= 0.3 is 6.03 Å². The van der Waals surface area contributed by atoms with E-state index in [0.29, 0.717) is 17.9 Å². The average Bonchev–Trinajstić information content (AvgIpc) is 2.71. The highest BCUT2D eigenvalue weighted by molar-refractivity contribution is 6.06. The van der Waals surface area contributed by atoms with Crippen molar-refractivity contribution in [3.63, 3.8) is 0 Å². The lowest BCUT2D eigenvalue weighted by atomic mass is 9.96. The highest BCUT2D eigenvalue weighted by Crippen LogP contribution is 2.24. The Morgan fingerprint density at radius 2 is 2.00 bits per heavy atom. The van der Waals surface area contributed by atoms with Crippen molar-refractivity contribution >= 4 is 11.9 Å². The van der Waals surface area contributed by atoms with Gasteiger partial charge < -0.3 is 14.8 Å². The van der Waals surface area contributed by atoms with Crippen molar-refractivity contribution in [2.75, 3.05) is 13.7 Å². The number of hydrogen-bond donors (Lipinski definition) is 1. The number of carbonyl (C=O) groups excluding carboxylic acids is 2. The van der Waals surface area contributed by atoms with Crippen LogP contribution < -0.4 is 14.8 Å². The zero-order chi connectivity index (χ0) is 17.0. The standard InChI is InChI=1S/C17H24N2O4/c1-5-9-17(3)15(20)19(16(21)18-17)11-12(2)23-14-8-6-7-13(10-14)22-4/h6-8,10,12H,5,9,11H2,1-4H3,(H,18,21). The van der Waals surface area contributed by atoms with Gasteiger partial charge in [-0.15, -0.1) is 0 Å². The molecule has 2 rings (SSSR count). The second-order valence-electron chi connectivity index (χ2n) is 6.04. The predicted molar refractivity (Wildman–Crippen MR) is 86.6 cm³/mol. The van der Waals surface area contributed by atoms with E-state index in [-0.39, 0.29) is 24.6 Å². The second kappa shape index (κ2) is 6.89. The molecule has 0 aliphatic carbocycles. The molecule has 0 spiro atoms. The fraction of sp³-hybridized carbons (Fsp3) is 0.529. The second-order valence-corrected chi connectivity index (χ2v) is 6.04. The third kappa shape index (κ3) is 3.75. The molecule has 3 amide bonds. The number of benzene rings is 1. The molecule has 1 N–H and O–H groups in total. The number of amides is 3. The molecule has 1 heterocycles. The molecule has 1 fully saturated rings. The van der Waals surface area contributed by atoms with Crippen molar-refractivity contribution < 1.29 is 19.1 Å². The Balaban J connectivity index is 2.01. The molecular weight excluding hydrogens is 296 g/mol. The third-order valence-corrected chi connectivity index (χ3v) is 3.91. The Kier molecular flexibility index (Phi) is 5.13. The van der Waals surface area contributed by atoms with Crippen LogP contribution in [0.5, 0.6) is 11.5 Å². The molecule has 6 heteroatoms. The number of hydrogen-bond acceptors (Lipinski definition) is 4. The van der Waals surface area contributed by atoms with Crippen LogP contribution in [0.4, 0.5) is 4.79 Å². The van der Waals surface area contributed by atoms with Gasteiger partial charge in [0.05, 0.1) is 13.7 Å². The summed E-state index contributed by atoms with van der Waals surface area (Å²) >= 11 is 0. The minimum Gasteiger partial charge on any atom is -0.497 e. The summed E-state index contributed by atoms with van der Waals surface area (Å²) in [5.74, 6) is 1.14. The molecule has 1 aliphatic rings. The van der Waals surface area contributed by atoms with Crippen molar-refractivity contribution in [2.24, 2.45) is 0 Å². The Morgan fingerprint density at radius 3 is 2.65 bits per heavy atom. The van der Waals surface area contributed by atoms with Gasteiger partial charge in [0, 0.05) is 6.07 Å². The highest BCUT2D eigenvalue weighted by atomic mass is 16.5. The molecule has 6 nitrogen and oxygen atoms in total. The van der Waals surface area contributed by atoms with E-state index in [1.807, 2.05) is 32.0 Å². The smallest absolute Gasteiger partial charge is 0.325 e. The van der Waals surface area contributed by atoms with Crippen molar-refractivity contribution in [2.45, 2.75) is 45.3 Å². The van der Waals surface area contributed by atoms with Crippen LogP contribution in [0.3, 0.4) is 0 Å². The molecule has 2 atom stereocenters. The summed E-state index contributed by atoms with van der Waals surface area (Å²) < 4.78 is 10.9. The summed E-state index contributed by atoms with van der Waals surface area (Å²) in [6.45, 7) is 5.79. The van der Waals surface area contributed by atoms with Crippen LogP contribution >= 0.6 is 0 Å². The molecule has 23 heavy (non-hydrogen) atoms. The maximum atomic E-state index is 12.5. The van der Waals surface area contributed by atoms with Crippen LogP contribution in [-0.2, 0) is 4.79 Å². The van der Waals surface area contributed by atoms with E-state index in [2.05, 4.69) is 5.32 Å². The van der Waals surface area contributed by atoms with E-state index in [1.165, 1.54) is 4.90 Å². The van der Waals surface area contributed by atoms with Crippen LogP contribution in [0.2, 0.25) is 0 Å². The normalized spacial score (nSPS) is 22.0. The van der Waals surface area contributed by atoms with Crippen molar-refractivity contribution in [3.8, 4) is 11.5 Å². The molecule has 0 aromatic heterocycles. The van der Waals surface area contributed by atoms with Crippen LogP contribution in [0, 0.1) is 0 Å². The molecule has 126 valence electrons. The number of nitrogens with zero attached hydrogens (tertiary/aromatic N) is 1. The van der Waals surface area contributed by atoms with E-state index in [4.69, 9.17) is 9.47 Å². The number of nitrogens with one attached hydrogen (secondary N) is 1. The Bertz CT molecular complexity index is 590. The fourth-order valence-corrected chi connectivity index (χ4v) is 2.78. The molecule has 0 saturated carbocycles. The van der Waals surface area contributed by atoms with E-state index >= 15 is 0 Å². The summed E-state index contributed by atoms with van der Waals surface area (Å²) in [6, 6.07) is 6.88. The molecule has 1 aromatic rings. The Morgan fingerprint density at radius 1 is 1.30 bits per heavy atom. The van der Waals surface area contributed by atoms with Gasteiger partial charge in [-0.2, -0.15) is 0 Å². The zero-order valence-electron chi connectivity index (χ0n) is 14.1. The lowest BCUT2D eigenvalue weighted by Crippen LogP contribution is -2.44. The maximum Gasteiger partial charge on any atom is 0.325 e. The van der Waals surface area contributed by atoms with E-state index in [1.54, 1.807) is 20.1 Å². The lowest BCUT2D eigenvalue weighted by Gasteiger charge is -2.23. The molecular formula is C17H24N2O4. The van der Waals surface area contributed by atoms with Crippen LogP contribution in [0.25, 0.3) is 0 Å². The van der Waals surface area contributed by atoms with E-state index in [9.17, 15) is 9.59 Å². The van der Waals surface area contributed by atoms with Gasteiger partial charge in [0.2, 0.25) is 0 Å². The van der Waals surface area contributed by atoms with Gasteiger partial charge in [0.15, 0.2) is 0 Å². The van der Waals surface area contributed by atoms with Crippen LogP contribution in [0.15, 0.2) is 24.3 Å². The molecule has 2 unspecified atom stereocenters. The first kappa shape index (κ1) is 17.1. The van der Waals surface area contributed by atoms with Gasteiger partial charge in [0.1, 0.15) is 23.1 Å². The number of methoxy groups -OCH3 is 1. The fourth-order valence-electron chi connectivity index (χ4n) is 2.78. The minimum absolute atomic E-state index is 0.189. The molecule has 0 radical (unpaired) electrons. The molecule has 1 saturated heterocycles. The SMILES string of the molecule is CCCC1(C)NC(=O)N(CC(C)Oc2cccc(OC)c2)C1=O. The average molecular weight is 320 g/mol. The predicted octanol–water partition coefficient (Wildman–Crippen LogP) is 2.57. The van der Waals surface area contributed by atoms with Gasteiger partial charge in [0.25, 0.3) is 5.91 Å². The summed E-state index contributed by atoms with van der Waals surface area (Å²) in [7, 11) is 1.59. The van der Waals surface area contributed by atoms with E-state index in [0.717, 1.165) is 6.42 Å². The first-order chi connectivity index (χ1) is 10.9. The summed E-state index contributed by atoms with van der Waals surface area (Å²) in [5.41, 5.74) is -0.804. The largest absolute Gasteiger partial charge is 0.497 e. The number of carbonyl (C=O) groups is 2. The Labute approximate surface area is 136 Å². The molecule has 1 aromatic carbocycles. The van der Waals surface area contributed by atoms with Crippen molar-refractivity contribution in [3.05, 3.63) is 24.3 Å². The number of imide groups is 1. The lowest BCUT2D eigenvalue weighted by molar-refractivity contribution is -0.131. The van der Waals surface area contributed by atoms with Crippen LogP contribution in [0.1, 0.15) is 33.6 Å². The van der Waals surface area contributed by atoms with Gasteiger partial charge in [-0.25, -0.2) is 4.79 Å². The quantitative estimate of drug-likeness (QED) is 0.784. The highest BCUT2D eigenvalue weighted by Gasteiger charge is 2.47. The molecule has 0 bridgehead atoms. The topological polar surface area (TPSA) is 67.9 Å². The molecule has 1 aliphatic heterocycles. The first-order valence-electron chi connectivity index (χ1n) is 7.84. The summed E-state index contributed by atoms with van der Waals surface area (Å²) in [4.78, 5) is 25.8. The van der Waals surface area contributed by atoms with E-state index < -0.39 is 5.54 Å². The minimum atomic E-state index is -0.804. The summed E-state index contributed by atoms with van der Waals surface area (Å²) in [6.07, 6.45) is 1.13. The monoisotopic (exact) mass is 320 g/mol. The van der Waals surface area contributed by atoms with Crippen molar-refractivity contribution in [1.29, 1.82) is 0 Å². The first-order valence-corrected chi connectivity index (χ1v) is 7.84. The van der Waals surface area contributed by atoms with Gasteiger partial charge in [-0.1, -0.05) is 19.4 Å². The third-order valence-electron chi connectivity index (χ3n) is 3.91. The zero-order valence-corrected chi connectivity index (χ0v) is 14.1. The van der Waals surface area contributed by atoms with Crippen molar-refractivity contribution in [1.82, 2.24) is 10.2 Å². The number of rotatable bonds is 7. The maximum absolute atomic E-state index is 12.5. The van der Waals surface area contributed by atoms with Gasteiger partial charge in [-0.3, -0.25) is 9.69 Å². The number of ether oxygens (including phenoxy) is 2. The Hall–Kier alpha value is -2.24. The summed E-state index contributed by atoms with van der Waals surface area (Å²) in [5, 5.41) is 2.78. The van der Waals surface area contributed by atoms with Gasteiger partial charge in [-0.05, 0) is 32.4 Å².